The Morgan fingerprint density at radius 3 is 2.63 bits per heavy atom. The fraction of sp³-hybridized carbons (Fsp3) is 0.364. The highest BCUT2D eigenvalue weighted by molar-refractivity contribution is 7.18. The second kappa shape index (κ2) is 9.67. The number of fused-ring (bicyclic) bond motifs is 1. The Morgan fingerprint density at radius 1 is 1.13 bits per heavy atom. The third-order valence-electron chi connectivity index (χ3n) is 4.67. The molecule has 3 rings (SSSR count). The molecule has 2 aromatic heterocycles. The summed E-state index contributed by atoms with van der Waals surface area (Å²) < 4.78 is 11.3. The van der Waals surface area contributed by atoms with Crippen LogP contribution in [0.15, 0.2) is 24.3 Å². The molecule has 0 radical (unpaired) electrons. The summed E-state index contributed by atoms with van der Waals surface area (Å²) in [5, 5.41) is 0.976. The summed E-state index contributed by atoms with van der Waals surface area (Å²) in [5.74, 6) is -1.30. The molecule has 0 unspecified atom stereocenters. The van der Waals surface area contributed by atoms with Gasteiger partial charge in [-0.15, -0.1) is 11.3 Å². The van der Waals surface area contributed by atoms with Crippen molar-refractivity contribution in [3.05, 3.63) is 51.8 Å². The lowest BCUT2D eigenvalue weighted by molar-refractivity contribution is -0.142. The Balaban J connectivity index is 1.49. The molecule has 0 saturated heterocycles. The molecular weight excluding hydrogens is 404 g/mol. The van der Waals surface area contributed by atoms with Crippen molar-refractivity contribution >= 4 is 39.3 Å². The lowest BCUT2D eigenvalue weighted by Crippen LogP contribution is -2.15. The second-order valence-electron chi connectivity index (χ2n) is 6.86. The van der Waals surface area contributed by atoms with E-state index in [4.69, 9.17) is 9.47 Å². The Morgan fingerprint density at radius 2 is 1.90 bits per heavy atom. The standard InChI is InChI=1S/C22H24N2O5S/c1-4-28-22(27)20-13(2)21(23-14(20)3)16(25)12-29-19(26)11-7-10-18-24-15-8-5-6-9-17(15)30-18/h5-6,8-9,23H,4,7,10-12H2,1-3H3. The summed E-state index contributed by atoms with van der Waals surface area (Å²) in [7, 11) is 0. The minimum absolute atomic E-state index is 0.208. The first-order valence-electron chi connectivity index (χ1n) is 9.80. The number of H-pyrrole nitrogens is 1. The van der Waals surface area contributed by atoms with E-state index in [1.165, 1.54) is 0 Å². The number of aromatic amines is 1. The summed E-state index contributed by atoms with van der Waals surface area (Å²) in [6.07, 6.45) is 1.49. The fourth-order valence-corrected chi connectivity index (χ4v) is 4.25. The quantitative estimate of drug-likeness (QED) is 0.406. The first-order valence-corrected chi connectivity index (χ1v) is 10.6. The van der Waals surface area contributed by atoms with Crippen LogP contribution in [-0.2, 0) is 20.7 Å². The molecule has 1 aromatic carbocycles. The highest BCUT2D eigenvalue weighted by atomic mass is 32.1. The average molecular weight is 429 g/mol. The minimum atomic E-state index is -0.477. The highest BCUT2D eigenvalue weighted by Crippen LogP contribution is 2.23. The van der Waals surface area contributed by atoms with Gasteiger partial charge >= 0.3 is 11.9 Å². The van der Waals surface area contributed by atoms with Gasteiger partial charge in [-0.2, -0.15) is 0 Å². The molecule has 0 fully saturated rings. The van der Waals surface area contributed by atoms with Crippen LogP contribution in [0.2, 0.25) is 0 Å². The number of carbonyl (C=O) groups excluding carboxylic acids is 3. The van der Waals surface area contributed by atoms with Gasteiger partial charge in [0.15, 0.2) is 6.61 Å². The third kappa shape index (κ3) is 4.94. The molecule has 0 bridgehead atoms. The van der Waals surface area contributed by atoms with Crippen LogP contribution in [-0.4, -0.2) is 40.9 Å². The normalized spacial score (nSPS) is 10.9. The molecule has 2 heterocycles. The number of aryl methyl sites for hydroxylation is 2. The van der Waals surface area contributed by atoms with E-state index in [0.717, 1.165) is 15.2 Å². The van der Waals surface area contributed by atoms with E-state index in [1.807, 2.05) is 24.3 Å². The van der Waals surface area contributed by atoms with Crippen LogP contribution in [0.5, 0.6) is 0 Å². The van der Waals surface area contributed by atoms with Crippen molar-refractivity contribution in [1.29, 1.82) is 0 Å². The number of nitrogens with zero attached hydrogens (tertiary/aromatic N) is 1. The molecule has 30 heavy (non-hydrogen) atoms. The Bertz CT molecular complexity index is 1050. The number of esters is 2. The van der Waals surface area contributed by atoms with Crippen LogP contribution < -0.4 is 0 Å². The zero-order valence-electron chi connectivity index (χ0n) is 17.2. The van der Waals surface area contributed by atoms with Gasteiger partial charge < -0.3 is 14.5 Å². The molecular formula is C22H24N2O5S. The van der Waals surface area contributed by atoms with E-state index >= 15 is 0 Å². The van der Waals surface area contributed by atoms with Crippen molar-refractivity contribution in [3.8, 4) is 0 Å². The molecule has 0 amide bonds. The van der Waals surface area contributed by atoms with Gasteiger partial charge in [0.05, 0.1) is 33.1 Å². The molecule has 158 valence electrons. The van der Waals surface area contributed by atoms with Crippen molar-refractivity contribution < 1.29 is 23.9 Å². The lowest BCUT2D eigenvalue weighted by Gasteiger charge is -2.04. The SMILES string of the molecule is CCOC(=O)c1c(C)[nH]c(C(=O)COC(=O)CCCc2nc3ccccc3s2)c1C. The van der Waals surface area contributed by atoms with E-state index < -0.39 is 11.9 Å². The maximum Gasteiger partial charge on any atom is 0.340 e. The van der Waals surface area contributed by atoms with Gasteiger partial charge in [-0.05, 0) is 51.3 Å². The molecule has 1 N–H and O–H groups in total. The van der Waals surface area contributed by atoms with Crippen molar-refractivity contribution in [3.63, 3.8) is 0 Å². The van der Waals surface area contributed by atoms with Crippen LogP contribution in [0, 0.1) is 13.8 Å². The van der Waals surface area contributed by atoms with E-state index in [2.05, 4.69) is 9.97 Å². The number of Topliss-reactive ketones (excluding diaryl/α,β-unsaturated/α-hetero) is 1. The van der Waals surface area contributed by atoms with Crippen molar-refractivity contribution in [1.82, 2.24) is 9.97 Å². The molecule has 0 aliphatic carbocycles. The van der Waals surface area contributed by atoms with E-state index in [-0.39, 0.29) is 31.1 Å². The van der Waals surface area contributed by atoms with Crippen LogP contribution >= 0.6 is 11.3 Å². The molecule has 3 aromatic rings. The van der Waals surface area contributed by atoms with Gasteiger partial charge in [0.1, 0.15) is 0 Å². The zero-order valence-corrected chi connectivity index (χ0v) is 18.1. The van der Waals surface area contributed by atoms with Crippen LogP contribution in [0.25, 0.3) is 10.2 Å². The van der Waals surface area contributed by atoms with Gasteiger partial charge in [-0.25, -0.2) is 9.78 Å². The zero-order chi connectivity index (χ0) is 21.7. The van der Waals surface area contributed by atoms with Gasteiger partial charge in [0.25, 0.3) is 0 Å². The van der Waals surface area contributed by atoms with E-state index in [0.29, 0.717) is 29.7 Å². The molecule has 0 aliphatic rings. The summed E-state index contributed by atoms with van der Waals surface area (Å²) in [6, 6.07) is 7.91. The highest BCUT2D eigenvalue weighted by Gasteiger charge is 2.23. The van der Waals surface area contributed by atoms with Gasteiger partial charge in [-0.3, -0.25) is 9.59 Å². The molecule has 7 nitrogen and oxygen atoms in total. The molecule has 0 saturated carbocycles. The number of hydrogen-bond acceptors (Lipinski definition) is 7. The second-order valence-corrected chi connectivity index (χ2v) is 7.97. The third-order valence-corrected chi connectivity index (χ3v) is 5.77. The molecule has 0 spiro atoms. The summed E-state index contributed by atoms with van der Waals surface area (Å²) in [6.45, 7) is 4.97. The molecule has 0 atom stereocenters. The van der Waals surface area contributed by atoms with Crippen molar-refractivity contribution in [2.75, 3.05) is 13.2 Å². The minimum Gasteiger partial charge on any atom is -0.462 e. The van der Waals surface area contributed by atoms with Crippen LogP contribution in [0.3, 0.4) is 0 Å². The monoisotopic (exact) mass is 428 g/mol. The largest absolute Gasteiger partial charge is 0.462 e. The molecule has 0 aliphatic heterocycles. The Kier molecular flexibility index (Phi) is 6.99. The summed E-state index contributed by atoms with van der Waals surface area (Å²) in [4.78, 5) is 43.9. The van der Waals surface area contributed by atoms with Crippen molar-refractivity contribution in [2.24, 2.45) is 0 Å². The van der Waals surface area contributed by atoms with Crippen LogP contribution in [0.1, 0.15) is 56.9 Å². The van der Waals surface area contributed by atoms with Gasteiger partial charge in [-0.1, -0.05) is 12.1 Å². The fourth-order valence-electron chi connectivity index (χ4n) is 3.24. The summed E-state index contributed by atoms with van der Waals surface area (Å²) >= 11 is 1.62. The number of para-hydroxylation sites is 1. The van der Waals surface area contributed by atoms with Gasteiger partial charge in [0, 0.05) is 12.1 Å². The first kappa shape index (κ1) is 21.7. The molecule has 8 heteroatoms. The number of hydrogen-bond donors (Lipinski definition) is 1. The predicted octanol–water partition coefficient (Wildman–Crippen LogP) is 4.17. The lowest BCUT2D eigenvalue weighted by atomic mass is 10.1. The number of carbonyl (C=O) groups is 3. The smallest absolute Gasteiger partial charge is 0.340 e. The predicted molar refractivity (Wildman–Crippen MR) is 114 cm³/mol. The Hall–Kier alpha value is -3.00. The number of ether oxygens (including phenoxy) is 2. The first-order chi connectivity index (χ1) is 14.4. The maximum absolute atomic E-state index is 12.4. The van der Waals surface area contributed by atoms with Crippen molar-refractivity contribution in [2.45, 2.75) is 40.0 Å². The summed E-state index contributed by atoms with van der Waals surface area (Å²) in [5.41, 5.74) is 2.63. The Labute approximate surface area is 178 Å². The topological polar surface area (TPSA) is 98.4 Å². The van der Waals surface area contributed by atoms with Gasteiger partial charge in [0.2, 0.25) is 5.78 Å². The number of ketones is 1. The maximum atomic E-state index is 12.4. The van der Waals surface area contributed by atoms with E-state index in [1.54, 1.807) is 32.1 Å². The average Bonchev–Trinajstić information content (AvgIpc) is 3.26. The number of nitrogens with one attached hydrogen (secondary N) is 1. The van der Waals surface area contributed by atoms with Crippen LogP contribution in [0.4, 0.5) is 0 Å². The number of aromatic nitrogens is 2. The van der Waals surface area contributed by atoms with E-state index in [9.17, 15) is 14.4 Å². The number of benzene rings is 1. The number of rotatable bonds is 9. The number of thiazole rings is 1.